The van der Waals surface area contributed by atoms with E-state index in [1.54, 1.807) is 0 Å². The van der Waals surface area contributed by atoms with Gasteiger partial charge in [0, 0.05) is 36.7 Å². The number of halogens is 1. The number of ether oxygens (including phenoxy) is 1. The quantitative estimate of drug-likeness (QED) is 0.305. The topological polar surface area (TPSA) is 36.9 Å². The number of thioether (sulfide) groups is 1. The minimum atomic E-state index is 0. The first-order chi connectivity index (χ1) is 9.44. The molecule has 1 saturated heterocycles. The lowest BCUT2D eigenvalue weighted by Gasteiger charge is -2.39. The Balaban J connectivity index is 0.00000400. The number of rotatable bonds is 6. The molecule has 1 aliphatic rings. The highest BCUT2D eigenvalue weighted by Gasteiger charge is 2.28. The van der Waals surface area contributed by atoms with Crippen molar-refractivity contribution in [1.82, 2.24) is 10.2 Å². The van der Waals surface area contributed by atoms with Gasteiger partial charge in [-0.05, 0) is 26.7 Å². The SMILES string of the molecule is CCNC(=NCCOCC(C)C)N1CCSC(C)(C)C1.I. The van der Waals surface area contributed by atoms with Crippen molar-refractivity contribution in [1.29, 1.82) is 0 Å². The highest BCUT2D eigenvalue weighted by Crippen LogP contribution is 2.29. The molecule has 0 radical (unpaired) electrons. The summed E-state index contributed by atoms with van der Waals surface area (Å²) in [6.07, 6.45) is 0. The van der Waals surface area contributed by atoms with Crippen LogP contribution in [0, 0.1) is 5.92 Å². The number of nitrogens with one attached hydrogen (secondary N) is 1. The molecule has 0 amide bonds. The molecular formula is C15H32IN3OS. The molecule has 0 spiro atoms. The van der Waals surface area contributed by atoms with Crippen LogP contribution in [0.3, 0.4) is 0 Å². The Bertz CT molecular complexity index is 311. The number of hydrogen-bond acceptors (Lipinski definition) is 3. The fraction of sp³-hybridized carbons (Fsp3) is 0.933. The Labute approximate surface area is 151 Å². The second-order valence-corrected chi connectivity index (χ2v) is 8.04. The number of aliphatic imine (C=N–C) groups is 1. The lowest BCUT2D eigenvalue weighted by molar-refractivity contribution is 0.116. The van der Waals surface area contributed by atoms with Crippen LogP contribution >= 0.6 is 35.7 Å². The molecule has 4 nitrogen and oxygen atoms in total. The van der Waals surface area contributed by atoms with Crippen molar-refractivity contribution in [2.75, 3.05) is 45.1 Å². The summed E-state index contributed by atoms with van der Waals surface area (Å²) >= 11 is 2.05. The molecule has 1 fully saturated rings. The van der Waals surface area contributed by atoms with Gasteiger partial charge in [0.25, 0.3) is 0 Å². The second-order valence-electron chi connectivity index (χ2n) is 6.23. The molecular weight excluding hydrogens is 397 g/mol. The summed E-state index contributed by atoms with van der Waals surface area (Å²) in [7, 11) is 0. The zero-order valence-electron chi connectivity index (χ0n) is 14.1. The van der Waals surface area contributed by atoms with Crippen LogP contribution in [-0.4, -0.2) is 60.8 Å². The van der Waals surface area contributed by atoms with E-state index >= 15 is 0 Å². The third-order valence-corrected chi connectivity index (χ3v) is 4.31. The molecule has 0 saturated carbocycles. The van der Waals surface area contributed by atoms with Crippen molar-refractivity contribution in [2.45, 2.75) is 39.4 Å². The first-order valence-corrected chi connectivity index (χ1v) is 8.68. The van der Waals surface area contributed by atoms with Crippen molar-refractivity contribution in [2.24, 2.45) is 10.9 Å². The summed E-state index contributed by atoms with van der Waals surface area (Å²) in [5, 5.41) is 3.40. The molecule has 0 unspecified atom stereocenters. The average Bonchev–Trinajstić information content (AvgIpc) is 2.35. The van der Waals surface area contributed by atoms with Crippen molar-refractivity contribution < 1.29 is 4.74 Å². The second kappa shape index (κ2) is 10.9. The first-order valence-electron chi connectivity index (χ1n) is 7.69. The number of hydrogen-bond donors (Lipinski definition) is 1. The van der Waals surface area contributed by atoms with Crippen LogP contribution in [0.15, 0.2) is 4.99 Å². The maximum atomic E-state index is 5.59. The molecule has 0 bridgehead atoms. The third kappa shape index (κ3) is 9.13. The maximum Gasteiger partial charge on any atom is 0.194 e. The predicted molar refractivity (Wildman–Crippen MR) is 105 cm³/mol. The number of guanidine groups is 1. The zero-order valence-corrected chi connectivity index (χ0v) is 17.3. The first kappa shape index (κ1) is 21.3. The van der Waals surface area contributed by atoms with E-state index in [-0.39, 0.29) is 24.0 Å². The molecule has 0 aromatic carbocycles. The van der Waals surface area contributed by atoms with Gasteiger partial charge in [-0.3, -0.25) is 4.99 Å². The molecule has 6 heteroatoms. The largest absolute Gasteiger partial charge is 0.379 e. The van der Waals surface area contributed by atoms with Crippen molar-refractivity contribution in [3.63, 3.8) is 0 Å². The molecule has 126 valence electrons. The van der Waals surface area contributed by atoms with Crippen LogP contribution in [0.1, 0.15) is 34.6 Å². The van der Waals surface area contributed by atoms with Gasteiger partial charge in [0.05, 0.1) is 13.2 Å². The van der Waals surface area contributed by atoms with Crippen LogP contribution in [0.2, 0.25) is 0 Å². The molecule has 0 atom stereocenters. The van der Waals surface area contributed by atoms with E-state index in [0.717, 1.165) is 38.7 Å². The fourth-order valence-electron chi connectivity index (χ4n) is 2.16. The minimum Gasteiger partial charge on any atom is -0.379 e. The van der Waals surface area contributed by atoms with Crippen LogP contribution < -0.4 is 5.32 Å². The molecule has 0 aromatic rings. The van der Waals surface area contributed by atoms with Gasteiger partial charge in [-0.1, -0.05) is 13.8 Å². The molecule has 21 heavy (non-hydrogen) atoms. The van der Waals surface area contributed by atoms with E-state index in [2.05, 4.69) is 44.8 Å². The summed E-state index contributed by atoms with van der Waals surface area (Å²) in [5.74, 6) is 2.79. The van der Waals surface area contributed by atoms with Crippen LogP contribution in [-0.2, 0) is 4.74 Å². The van der Waals surface area contributed by atoms with E-state index in [1.165, 1.54) is 5.75 Å². The molecule has 1 rings (SSSR count). The van der Waals surface area contributed by atoms with Crippen LogP contribution in [0.5, 0.6) is 0 Å². The highest BCUT2D eigenvalue weighted by atomic mass is 127. The summed E-state index contributed by atoms with van der Waals surface area (Å²) in [4.78, 5) is 7.07. The lowest BCUT2D eigenvalue weighted by Crippen LogP contribution is -2.51. The minimum absolute atomic E-state index is 0. The summed E-state index contributed by atoms with van der Waals surface area (Å²) < 4.78 is 5.90. The van der Waals surface area contributed by atoms with Crippen molar-refractivity contribution >= 4 is 41.7 Å². The molecule has 1 N–H and O–H groups in total. The third-order valence-electron chi connectivity index (χ3n) is 3.01. The van der Waals surface area contributed by atoms with E-state index < -0.39 is 0 Å². The van der Waals surface area contributed by atoms with Gasteiger partial charge < -0.3 is 15.0 Å². The summed E-state index contributed by atoms with van der Waals surface area (Å²) in [5.41, 5.74) is 0. The molecule has 0 aromatic heterocycles. The van der Waals surface area contributed by atoms with Gasteiger partial charge >= 0.3 is 0 Å². The van der Waals surface area contributed by atoms with Crippen LogP contribution in [0.25, 0.3) is 0 Å². The summed E-state index contributed by atoms with van der Waals surface area (Å²) in [6, 6.07) is 0. The van der Waals surface area contributed by atoms with Gasteiger partial charge in [-0.25, -0.2) is 0 Å². The van der Waals surface area contributed by atoms with E-state index in [4.69, 9.17) is 9.73 Å². The zero-order chi connectivity index (χ0) is 15.0. The number of nitrogens with zero attached hydrogens (tertiary/aromatic N) is 2. The highest BCUT2D eigenvalue weighted by molar-refractivity contribution is 14.0. The fourth-order valence-corrected chi connectivity index (χ4v) is 3.27. The Kier molecular flexibility index (Phi) is 11.1. The Morgan fingerprint density at radius 2 is 2.14 bits per heavy atom. The van der Waals surface area contributed by atoms with Gasteiger partial charge in [0.1, 0.15) is 0 Å². The van der Waals surface area contributed by atoms with Gasteiger partial charge in [-0.15, -0.1) is 24.0 Å². The molecule has 0 aliphatic carbocycles. The smallest absolute Gasteiger partial charge is 0.194 e. The normalized spacial score (nSPS) is 18.6. The van der Waals surface area contributed by atoms with Crippen LogP contribution in [0.4, 0.5) is 0 Å². The monoisotopic (exact) mass is 429 g/mol. The van der Waals surface area contributed by atoms with Gasteiger partial charge in [-0.2, -0.15) is 11.8 Å². The van der Waals surface area contributed by atoms with Gasteiger partial charge in [0.15, 0.2) is 5.96 Å². The predicted octanol–water partition coefficient (Wildman–Crippen LogP) is 3.07. The molecule has 1 aliphatic heterocycles. The Morgan fingerprint density at radius 1 is 1.43 bits per heavy atom. The van der Waals surface area contributed by atoms with E-state index in [1.807, 2.05) is 11.8 Å². The summed E-state index contributed by atoms with van der Waals surface area (Å²) in [6.45, 7) is 16.4. The molecule has 1 heterocycles. The lowest BCUT2D eigenvalue weighted by atomic mass is 10.2. The Morgan fingerprint density at radius 3 is 2.71 bits per heavy atom. The van der Waals surface area contributed by atoms with Crippen molar-refractivity contribution in [3.8, 4) is 0 Å². The van der Waals surface area contributed by atoms with Crippen molar-refractivity contribution in [3.05, 3.63) is 0 Å². The average molecular weight is 429 g/mol. The van der Waals surface area contributed by atoms with E-state index in [0.29, 0.717) is 17.3 Å². The Hall–Kier alpha value is 0.310. The standard InChI is InChI=1S/C15H31N3OS.HI/c1-6-16-14(17-7-9-19-11-13(2)3)18-8-10-20-15(4,5)12-18;/h13H,6-12H2,1-5H3,(H,16,17);1H. The maximum absolute atomic E-state index is 5.59. The van der Waals surface area contributed by atoms with Gasteiger partial charge in [0.2, 0.25) is 0 Å². The van der Waals surface area contributed by atoms with E-state index in [9.17, 15) is 0 Å².